The minimum absolute atomic E-state index is 0.139. The molecule has 1 aromatic heterocycles. The van der Waals surface area contributed by atoms with Crippen molar-refractivity contribution in [3.05, 3.63) is 52.5 Å². The van der Waals surface area contributed by atoms with Gasteiger partial charge in [-0.1, -0.05) is 30.3 Å². The molecule has 116 valence electrons. The van der Waals surface area contributed by atoms with Crippen LogP contribution in [0.5, 0.6) is 0 Å². The summed E-state index contributed by atoms with van der Waals surface area (Å²) in [6, 6.07) is 9.42. The number of hydrogen-bond donors (Lipinski definition) is 2. The molecule has 0 saturated carbocycles. The highest BCUT2D eigenvalue weighted by molar-refractivity contribution is 7.07. The molecule has 0 saturated heterocycles. The van der Waals surface area contributed by atoms with Gasteiger partial charge in [-0.15, -0.1) is 11.3 Å². The third-order valence-electron chi connectivity index (χ3n) is 3.31. The smallest absolute Gasteiger partial charge is 0.308 e. The van der Waals surface area contributed by atoms with E-state index in [4.69, 9.17) is 0 Å². The fraction of sp³-hybridized carbons (Fsp3) is 0.312. The Bertz CT molecular complexity index is 599. The lowest BCUT2D eigenvalue weighted by Gasteiger charge is -2.13. The maximum Gasteiger partial charge on any atom is 0.308 e. The number of carbonyl (C=O) groups excluding carboxylic acids is 1. The first-order valence-electron chi connectivity index (χ1n) is 7.05. The lowest BCUT2D eigenvalue weighted by atomic mass is 9.99. The highest BCUT2D eigenvalue weighted by Gasteiger charge is 2.18. The number of carboxylic acids is 1. The number of aromatic nitrogens is 1. The Morgan fingerprint density at radius 2 is 2.05 bits per heavy atom. The summed E-state index contributed by atoms with van der Waals surface area (Å²) in [6.07, 6.45) is 1.30. The third kappa shape index (κ3) is 5.29. The Morgan fingerprint density at radius 1 is 1.27 bits per heavy atom. The highest BCUT2D eigenvalue weighted by atomic mass is 32.1. The van der Waals surface area contributed by atoms with Crippen molar-refractivity contribution in [2.45, 2.75) is 19.3 Å². The average Bonchev–Trinajstić information content (AvgIpc) is 3.03. The van der Waals surface area contributed by atoms with Gasteiger partial charge in [0.1, 0.15) is 0 Å². The molecule has 2 rings (SSSR count). The fourth-order valence-corrected chi connectivity index (χ4v) is 2.67. The van der Waals surface area contributed by atoms with Gasteiger partial charge in [-0.3, -0.25) is 9.59 Å². The number of nitrogens with one attached hydrogen (secondary N) is 1. The number of carbonyl (C=O) groups is 2. The number of rotatable bonds is 8. The van der Waals surface area contributed by atoms with Crippen LogP contribution in [0.15, 0.2) is 41.2 Å². The summed E-state index contributed by atoms with van der Waals surface area (Å²) in [5.41, 5.74) is 3.57. The molecule has 0 aliphatic carbocycles. The number of aliphatic carboxylic acids is 1. The molecule has 2 aromatic rings. The van der Waals surface area contributed by atoms with Gasteiger partial charge in [0.15, 0.2) is 0 Å². The molecule has 6 heteroatoms. The van der Waals surface area contributed by atoms with E-state index in [1.165, 1.54) is 11.3 Å². The zero-order chi connectivity index (χ0) is 15.8. The first kappa shape index (κ1) is 16.2. The number of aryl methyl sites for hydroxylation is 1. The van der Waals surface area contributed by atoms with E-state index in [1.54, 1.807) is 5.51 Å². The van der Waals surface area contributed by atoms with E-state index in [-0.39, 0.29) is 12.5 Å². The first-order chi connectivity index (χ1) is 10.6. The van der Waals surface area contributed by atoms with E-state index in [2.05, 4.69) is 10.3 Å². The van der Waals surface area contributed by atoms with E-state index < -0.39 is 11.9 Å². The molecule has 1 heterocycles. The summed E-state index contributed by atoms with van der Waals surface area (Å²) in [5, 5.41) is 13.9. The van der Waals surface area contributed by atoms with Gasteiger partial charge in [-0.2, -0.15) is 0 Å². The van der Waals surface area contributed by atoms with Crippen LogP contribution in [-0.2, 0) is 22.4 Å². The van der Waals surface area contributed by atoms with E-state index in [0.717, 1.165) is 11.3 Å². The molecule has 1 aromatic carbocycles. The van der Waals surface area contributed by atoms with E-state index in [0.29, 0.717) is 19.3 Å². The monoisotopic (exact) mass is 318 g/mol. The number of amides is 1. The quantitative estimate of drug-likeness (QED) is 0.781. The van der Waals surface area contributed by atoms with Gasteiger partial charge in [-0.05, 0) is 18.4 Å². The van der Waals surface area contributed by atoms with E-state index in [1.807, 2.05) is 35.7 Å². The number of carboxylic acid groups (broad SMARTS) is 1. The molecule has 5 nitrogen and oxygen atoms in total. The molecule has 22 heavy (non-hydrogen) atoms. The number of benzene rings is 1. The second-order valence-electron chi connectivity index (χ2n) is 5.01. The molecular weight excluding hydrogens is 300 g/mol. The van der Waals surface area contributed by atoms with Crippen molar-refractivity contribution >= 4 is 23.2 Å². The van der Waals surface area contributed by atoms with Crippen LogP contribution < -0.4 is 5.32 Å². The second-order valence-corrected chi connectivity index (χ2v) is 5.73. The Labute approximate surface area is 133 Å². The summed E-state index contributed by atoms with van der Waals surface area (Å²) in [6.45, 7) is 0.139. The van der Waals surface area contributed by atoms with Gasteiger partial charge in [-0.25, -0.2) is 4.98 Å². The van der Waals surface area contributed by atoms with Crippen molar-refractivity contribution in [3.63, 3.8) is 0 Å². The van der Waals surface area contributed by atoms with Gasteiger partial charge < -0.3 is 10.4 Å². The molecule has 2 N–H and O–H groups in total. The van der Waals surface area contributed by atoms with Gasteiger partial charge in [0, 0.05) is 18.3 Å². The zero-order valence-electron chi connectivity index (χ0n) is 12.1. The van der Waals surface area contributed by atoms with Gasteiger partial charge in [0.05, 0.1) is 17.1 Å². The van der Waals surface area contributed by atoms with Crippen LogP contribution in [-0.4, -0.2) is 28.5 Å². The SMILES string of the molecule is O=C(CCc1cscn1)NCC(Cc1ccccc1)C(=O)O. The van der Waals surface area contributed by atoms with Gasteiger partial charge >= 0.3 is 5.97 Å². The molecule has 1 unspecified atom stereocenters. The normalized spacial score (nSPS) is 11.8. The lowest BCUT2D eigenvalue weighted by molar-refractivity contribution is -0.141. The largest absolute Gasteiger partial charge is 0.481 e. The second kappa shape index (κ2) is 8.29. The van der Waals surface area contributed by atoms with Crippen molar-refractivity contribution in [1.29, 1.82) is 0 Å². The van der Waals surface area contributed by atoms with Gasteiger partial charge in [0.2, 0.25) is 5.91 Å². The summed E-state index contributed by atoms with van der Waals surface area (Å²) < 4.78 is 0. The predicted octanol–water partition coefficient (Wildman–Crippen LogP) is 2.14. The Kier molecular flexibility index (Phi) is 6.09. The van der Waals surface area contributed by atoms with Crippen LogP contribution in [0.25, 0.3) is 0 Å². The van der Waals surface area contributed by atoms with Crippen molar-refractivity contribution < 1.29 is 14.7 Å². The third-order valence-corrected chi connectivity index (χ3v) is 3.95. The topological polar surface area (TPSA) is 79.3 Å². The van der Waals surface area contributed by atoms with E-state index >= 15 is 0 Å². The molecule has 0 aliphatic heterocycles. The summed E-state index contributed by atoms with van der Waals surface area (Å²) in [7, 11) is 0. The molecule has 1 atom stereocenters. The summed E-state index contributed by atoms with van der Waals surface area (Å²) in [4.78, 5) is 27.2. The maximum atomic E-state index is 11.8. The molecule has 0 spiro atoms. The van der Waals surface area contributed by atoms with Crippen LogP contribution in [0.3, 0.4) is 0 Å². The van der Waals surface area contributed by atoms with Crippen LogP contribution in [0, 0.1) is 5.92 Å². The zero-order valence-corrected chi connectivity index (χ0v) is 12.9. The first-order valence-corrected chi connectivity index (χ1v) is 8.00. The summed E-state index contributed by atoms with van der Waals surface area (Å²) >= 11 is 1.49. The molecule has 1 amide bonds. The molecule has 0 aliphatic rings. The van der Waals surface area contributed by atoms with Crippen LogP contribution in [0.1, 0.15) is 17.7 Å². The number of nitrogens with zero attached hydrogens (tertiary/aromatic N) is 1. The summed E-state index contributed by atoms with van der Waals surface area (Å²) in [5.74, 6) is -1.67. The van der Waals surface area contributed by atoms with Crippen LogP contribution in [0.2, 0.25) is 0 Å². The molecule has 0 radical (unpaired) electrons. The Balaban J connectivity index is 1.78. The molecule has 0 fully saturated rings. The molecule has 0 bridgehead atoms. The van der Waals surface area contributed by atoms with Crippen LogP contribution >= 0.6 is 11.3 Å². The fourth-order valence-electron chi connectivity index (χ4n) is 2.07. The minimum Gasteiger partial charge on any atom is -0.481 e. The number of thiazole rings is 1. The Hall–Kier alpha value is -2.21. The average molecular weight is 318 g/mol. The maximum absolute atomic E-state index is 11.8. The highest BCUT2D eigenvalue weighted by Crippen LogP contribution is 2.09. The van der Waals surface area contributed by atoms with Crippen LogP contribution in [0.4, 0.5) is 0 Å². The number of hydrogen-bond acceptors (Lipinski definition) is 4. The predicted molar refractivity (Wildman–Crippen MR) is 84.7 cm³/mol. The van der Waals surface area contributed by atoms with Crippen molar-refractivity contribution in [3.8, 4) is 0 Å². The van der Waals surface area contributed by atoms with E-state index in [9.17, 15) is 14.7 Å². The van der Waals surface area contributed by atoms with Crippen molar-refractivity contribution in [2.24, 2.45) is 5.92 Å². The Morgan fingerprint density at radius 3 is 2.68 bits per heavy atom. The van der Waals surface area contributed by atoms with Crippen molar-refractivity contribution in [2.75, 3.05) is 6.54 Å². The lowest BCUT2D eigenvalue weighted by Crippen LogP contribution is -2.34. The van der Waals surface area contributed by atoms with Gasteiger partial charge in [0.25, 0.3) is 0 Å². The standard InChI is InChI=1S/C16H18N2O3S/c19-15(7-6-14-10-22-11-18-14)17-9-13(16(20)21)8-12-4-2-1-3-5-12/h1-5,10-11,13H,6-9H2,(H,17,19)(H,20,21). The van der Waals surface area contributed by atoms with Crippen molar-refractivity contribution in [1.82, 2.24) is 10.3 Å². The molecular formula is C16H18N2O3S. The minimum atomic E-state index is -0.899.